The van der Waals surface area contributed by atoms with Crippen molar-refractivity contribution in [2.45, 2.75) is 46.2 Å². The fourth-order valence-corrected chi connectivity index (χ4v) is 6.64. The second-order valence-electron chi connectivity index (χ2n) is 10.9. The summed E-state index contributed by atoms with van der Waals surface area (Å²) in [4.78, 5) is 49.1. The van der Waals surface area contributed by atoms with Gasteiger partial charge in [0.05, 0.1) is 58.9 Å². The highest BCUT2D eigenvalue weighted by Crippen LogP contribution is 2.48. The average molecular weight is 719 g/mol. The number of aliphatic carboxylic acids is 2. The van der Waals surface area contributed by atoms with E-state index in [0.717, 1.165) is 11.3 Å². The first-order valence-corrected chi connectivity index (χ1v) is 15.9. The highest BCUT2D eigenvalue weighted by molar-refractivity contribution is 7.21. The van der Waals surface area contributed by atoms with Gasteiger partial charge in [-0.15, -0.1) is 11.3 Å². The molecule has 1 aliphatic rings. The molecule has 2 heterocycles. The quantitative estimate of drug-likeness (QED) is 0.130. The summed E-state index contributed by atoms with van der Waals surface area (Å²) in [5.41, 5.74) is 0.464. The van der Waals surface area contributed by atoms with Crippen LogP contribution in [-0.2, 0) is 27.5 Å². The van der Waals surface area contributed by atoms with Gasteiger partial charge in [0, 0.05) is 48.9 Å². The third-order valence-corrected chi connectivity index (χ3v) is 9.55. The van der Waals surface area contributed by atoms with Crippen LogP contribution in [-0.4, -0.2) is 66.2 Å². The molecule has 0 bridgehead atoms. The SMILES string of the molecule is COc1c(F)c2c(c(Cl)c1OCCCOc1c(OC)c(F)c3sc(C(=O)C[C@H](C)C(=O)O)cc3c1Cl)CN(C(=O)C[C@H](C)C(=O)O)C2. The predicted molar refractivity (Wildman–Crippen MR) is 168 cm³/mol. The molecule has 16 heteroatoms. The van der Waals surface area contributed by atoms with Crippen molar-refractivity contribution in [3.05, 3.63) is 43.8 Å². The van der Waals surface area contributed by atoms with E-state index in [1.165, 1.54) is 39.0 Å². The Morgan fingerprint density at radius 1 is 0.851 bits per heavy atom. The number of carbonyl (C=O) groups excluding carboxylic acids is 2. The Balaban J connectivity index is 1.46. The van der Waals surface area contributed by atoms with Crippen LogP contribution < -0.4 is 18.9 Å². The van der Waals surface area contributed by atoms with Crippen LogP contribution in [0.3, 0.4) is 0 Å². The zero-order chi connectivity index (χ0) is 34.7. The molecule has 3 aromatic rings. The van der Waals surface area contributed by atoms with Gasteiger partial charge in [0.15, 0.2) is 40.4 Å². The van der Waals surface area contributed by atoms with Crippen LogP contribution in [0.25, 0.3) is 10.1 Å². The third kappa shape index (κ3) is 7.34. The lowest BCUT2D eigenvalue weighted by Gasteiger charge is -2.17. The Kier molecular flexibility index (Phi) is 11.4. The van der Waals surface area contributed by atoms with E-state index in [1.807, 2.05) is 0 Å². The smallest absolute Gasteiger partial charge is 0.306 e. The molecule has 254 valence electrons. The molecule has 47 heavy (non-hydrogen) atoms. The molecule has 0 radical (unpaired) electrons. The Labute approximate surface area is 281 Å². The number of hydrogen-bond donors (Lipinski definition) is 2. The number of fused-ring (bicyclic) bond motifs is 2. The van der Waals surface area contributed by atoms with Gasteiger partial charge in [-0.05, 0) is 6.07 Å². The maximum Gasteiger partial charge on any atom is 0.306 e. The van der Waals surface area contributed by atoms with Gasteiger partial charge in [0.1, 0.15) is 0 Å². The lowest BCUT2D eigenvalue weighted by atomic mass is 10.0. The number of methoxy groups -OCH3 is 2. The van der Waals surface area contributed by atoms with E-state index in [-0.39, 0.29) is 99.1 Å². The summed E-state index contributed by atoms with van der Waals surface area (Å²) < 4.78 is 52.9. The molecule has 1 aliphatic heterocycles. The molecule has 2 aromatic carbocycles. The standard InChI is InChI=1S/C31H31Cl2F2NO10S/c1-13(30(39)40)8-18(37)19-10-15-21(32)25(28(44-4)24(35)29(15)47-19)45-6-5-7-46-26-22(33)16-11-36(20(38)9-14(2)31(41)42)12-17(16)23(34)27(26)43-3/h10,13-14H,5-9,11-12H2,1-4H3,(H,39,40)(H,41,42)/t13-,14-/m0/s1. The molecule has 2 N–H and O–H groups in total. The number of thiophene rings is 1. The zero-order valence-electron chi connectivity index (χ0n) is 25.7. The largest absolute Gasteiger partial charge is 0.490 e. The number of halogens is 4. The molecule has 0 saturated heterocycles. The number of rotatable bonds is 15. The minimum atomic E-state index is -1.13. The van der Waals surface area contributed by atoms with Crippen molar-refractivity contribution in [2.24, 2.45) is 11.8 Å². The Morgan fingerprint density at radius 3 is 1.96 bits per heavy atom. The van der Waals surface area contributed by atoms with Gasteiger partial charge in [0.25, 0.3) is 0 Å². The van der Waals surface area contributed by atoms with E-state index < -0.39 is 47.1 Å². The van der Waals surface area contributed by atoms with Gasteiger partial charge in [-0.2, -0.15) is 0 Å². The van der Waals surface area contributed by atoms with Crippen LogP contribution >= 0.6 is 34.5 Å². The number of Topliss-reactive ketones (excluding diaryl/α,β-unsaturated/α-hetero) is 1. The summed E-state index contributed by atoms with van der Waals surface area (Å²) >= 11 is 14.0. The minimum absolute atomic E-state index is 0.0111. The van der Waals surface area contributed by atoms with Crippen molar-refractivity contribution in [2.75, 3.05) is 27.4 Å². The van der Waals surface area contributed by atoms with Crippen molar-refractivity contribution < 1.29 is 57.1 Å². The van der Waals surface area contributed by atoms with Crippen LogP contribution in [0.15, 0.2) is 6.07 Å². The van der Waals surface area contributed by atoms with E-state index in [0.29, 0.717) is 5.56 Å². The number of carboxylic acid groups (broad SMARTS) is 2. The van der Waals surface area contributed by atoms with Gasteiger partial charge >= 0.3 is 11.9 Å². The first kappa shape index (κ1) is 36.0. The summed E-state index contributed by atoms with van der Waals surface area (Å²) in [6, 6.07) is 1.38. The number of carbonyl (C=O) groups is 4. The topological polar surface area (TPSA) is 149 Å². The van der Waals surface area contributed by atoms with Crippen LogP contribution in [0.4, 0.5) is 8.78 Å². The monoisotopic (exact) mass is 717 g/mol. The lowest BCUT2D eigenvalue weighted by molar-refractivity contribution is -0.145. The number of ketones is 1. The Morgan fingerprint density at radius 2 is 1.38 bits per heavy atom. The van der Waals surface area contributed by atoms with Crippen LogP contribution in [0.5, 0.6) is 23.0 Å². The summed E-state index contributed by atoms with van der Waals surface area (Å²) in [6.45, 7) is 2.53. The van der Waals surface area contributed by atoms with Crippen LogP contribution in [0, 0.1) is 23.5 Å². The lowest BCUT2D eigenvalue weighted by Crippen LogP contribution is -2.28. The molecule has 0 aliphatic carbocycles. The molecule has 1 aromatic heterocycles. The fourth-order valence-electron chi connectivity index (χ4n) is 4.94. The molecule has 1 amide bonds. The van der Waals surface area contributed by atoms with Gasteiger partial charge in [-0.3, -0.25) is 19.2 Å². The number of benzene rings is 2. The molecule has 11 nitrogen and oxygen atoms in total. The van der Waals surface area contributed by atoms with Crippen LogP contribution in [0.2, 0.25) is 10.0 Å². The Bertz CT molecular complexity index is 1750. The summed E-state index contributed by atoms with van der Waals surface area (Å²) in [6.07, 6.45) is -0.352. The van der Waals surface area contributed by atoms with E-state index in [1.54, 1.807) is 0 Å². The molecule has 2 atom stereocenters. The van der Waals surface area contributed by atoms with Crippen molar-refractivity contribution in [3.63, 3.8) is 0 Å². The van der Waals surface area contributed by atoms with E-state index in [4.69, 9.17) is 52.4 Å². The van der Waals surface area contributed by atoms with Crippen molar-refractivity contribution >= 4 is 68.3 Å². The molecule has 0 unspecified atom stereocenters. The molecule has 0 saturated carbocycles. The third-order valence-electron chi connectivity index (χ3n) is 7.60. The number of hydrogen-bond acceptors (Lipinski definition) is 9. The molecule has 0 fully saturated rings. The highest BCUT2D eigenvalue weighted by Gasteiger charge is 2.34. The molecule has 0 spiro atoms. The maximum atomic E-state index is 15.5. The average Bonchev–Trinajstić information content (AvgIpc) is 3.68. The first-order chi connectivity index (χ1) is 22.2. The summed E-state index contributed by atoms with van der Waals surface area (Å²) in [5, 5.41) is 18.5. The zero-order valence-corrected chi connectivity index (χ0v) is 28.0. The summed E-state index contributed by atoms with van der Waals surface area (Å²) in [7, 11) is 2.46. The predicted octanol–water partition coefficient (Wildman–Crippen LogP) is 6.60. The maximum absolute atomic E-state index is 15.5. The number of carboxylic acids is 2. The number of ether oxygens (including phenoxy) is 4. The summed E-state index contributed by atoms with van der Waals surface area (Å²) in [5.74, 6) is -7.34. The van der Waals surface area contributed by atoms with Gasteiger partial charge < -0.3 is 34.1 Å². The minimum Gasteiger partial charge on any atom is -0.490 e. The molecular formula is C31H31Cl2F2NO10S. The molecular weight excluding hydrogens is 687 g/mol. The van der Waals surface area contributed by atoms with Gasteiger partial charge in [0.2, 0.25) is 5.91 Å². The molecule has 4 rings (SSSR count). The second-order valence-corrected chi connectivity index (χ2v) is 12.7. The van der Waals surface area contributed by atoms with Gasteiger partial charge in [-0.25, -0.2) is 8.78 Å². The van der Waals surface area contributed by atoms with Crippen LogP contribution in [0.1, 0.15) is 53.9 Å². The van der Waals surface area contributed by atoms with Gasteiger partial charge in [-0.1, -0.05) is 37.0 Å². The van der Waals surface area contributed by atoms with Crippen molar-refractivity contribution in [1.82, 2.24) is 4.90 Å². The fraction of sp³-hybridized carbons (Fsp3) is 0.419. The van der Waals surface area contributed by atoms with Crippen molar-refractivity contribution in [1.29, 1.82) is 0 Å². The van der Waals surface area contributed by atoms with Crippen molar-refractivity contribution in [3.8, 4) is 23.0 Å². The highest BCUT2D eigenvalue weighted by atomic mass is 35.5. The van der Waals surface area contributed by atoms with E-state index in [2.05, 4.69) is 0 Å². The number of amides is 1. The second kappa shape index (κ2) is 14.9. The number of nitrogens with zero attached hydrogens (tertiary/aromatic N) is 1. The Hall–Kier alpha value is -3.88. The first-order valence-electron chi connectivity index (χ1n) is 14.3. The van der Waals surface area contributed by atoms with E-state index >= 15 is 8.78 Å². The normalized spacial score (nSPS) is 13.7. The van der Waals surface area contributed by atoms with E-state index in [9.17, 15) is 19.2 Å².